The molecule has 7 amide bonds. The monoisotopic (exact) mass is 1190 g/mol. The van der Waals surface area contributed by atoms with E-state index in [1.807, 2.05) is 26.8 Å². The predicted octanol–water partition coefficient (Wildman–Crippen LogP) is 6.86. The van der Waals surface area contributed by atoms with E-state index < -0.39 is 89.8 Å². The fraction of sp³-hybridized carbons (Fsp3) is 0.590. The number of rotatable bonds is 23. The summed E-state index contributed by atoms with van der Waals surface area (Å²) in [4.78, 5) is 122. The number of aliphatic hydroxyl groups is 1. The Morgan fingerprint density at radius 1 is 0.952 bits per heavy atom. The van der Waals surface area contributed by atoms with Gasteiger partial charge in [-0.2, -0.15) is 0 Å². The number of imide groups is 1. The molecule has 2 aromatic rings. The van der Waals surface area contributed by atoms with Crippen LogP contribution in [-0.2, 0) is 65.4 Å². The molecule has 0 aromatic heterocycles. The summed E-state index contributed by atoms with van der Waals surface area (Å²) in [6.07, 6.45) is 2.43. The summed E-state index contributed by atoms with van der Waals surface area (Å²) in [5.41, 5.74) is 4.89. The highest BCUT2D eigenvalue weighted by Crippen LogP contribution is 2.50. The van der Waals surface area contributed by atoms with Crippen molar-refractivity contribution in [1.29, 1.82) is 0 Å². The van der Waals surface area contributed by atoms with Gasteiger partial charge in [-0.15, -0.1) is 0 Å². The summed E-state index contributed by atoms with van der Waals surface area (Å²) in [6.45, 7) is 11.2. The molecule has 3 fully saturated rings. The molecule has 4 aliphatic heterocycles. The van der Waals surface area contributed by atoms with Crippen molar-refractivity contribution < 1.29 is 76.7 Å². The lowest BCUT2D eigenvalue weighted by Gasteiger charge is -2.41. The number of likely N-dealkylation sites (tertiary alicyclic amines) is 1. The fourth-order valence-electron chi connectivity index (χ4n) is 11.3. The van der Waals surface area contributed by atoms with E-state index in [0.29, 0.717) is 49.2 Å². The number of nitrogens with one attached hydrogen (secondary N) is 3. The van der Waals surface area contributed by atoms with E-state index in [4.69, 9.17) is 45.8 Å². The van der Waals surface area contributed by atoms with Gasteiger partial charge in [0.15, 0.2) is 5.78 Å². The third kappa shape index (κ3) is 16.9. The number of allylic oxidation sites excluding steroid dienone is 3. The molecule has 4 aliphatic rings. The number of primary amides is 1. The number of benzene rings is 2. The number of unbranched alkanes of at least 4 members (excludes halogenated alkanes) is 2. The number of halogens is 1. The van der Waals surface area contributed by atoms with E-state index in [-0.39, 0.29) is 110 Å². The Morgan fingerprint density at radius 3 is 2.33 bits per heavy atom. The SMILES string of the molecule is COc1cc(CC(=O)[C@H](CCCNC(N)=O)NC(=O)[C@@H](CC(=O)CCCCCN2C(=O)CC(C)C2=O)C(C)C)ccc1NC(=O)O[C@H]1CC(=O)N(C)c2cc(cc(OC)c2Cl)C/C(C)=C/C=C/[C@@H](OC)[C@]2(O)CC(=O)O[C@@H](C2)[C@@H](C)[C@@H]2O[C@@]12C. The van der Waals surface area contributed by atoms with Crippen LogP contribution in [0.3, 0.4) is 0 Å². The van der Waals surface area contributed by atoms with Gasteiger partial charge >= 0.3 is 18.1 Å². The quantitative estimate of drug-likeness (QED) is 0.0328. The number of amides is 7. The highest BCUT2D eigenvalue weighted by molar-refractivity contribution is 6.35. The molecule has 6 rings (SSSR count). The number of hydrogen-bond acceptors (Lipinski definition) is 16. The molecule has 0 spiro atoms. The third-order valence-corrected chi connectivity index (χ3v) is 16.8. The molecule has 22 nitrogen and oxygen atoms in total. The molecule has 4 heterocycles. The maximum Gasteiger partial charge on any atom is 0.412 e. The van der Waals surface area contributed by atoms with Gasteiger partial charge in [0.25, 0.3) is 0 Å². The molecule has 23 heteroatoms. The van der Waals surface area contributed by atoms with Crippen LogP contribution in [0.4, 0.5) is 21.0 Å². The topological polar surface area (TPSA) is 301 Å². The number of hydrogen-bond donors (Lipinski definition) is 5. The average Bonchev–Trinajstić information content (AvgIpc) is 3.03. The molecule has 10 atom stereocenters. The number of ketones is 2. The number of methoxy groups -OCH3 is 3. The number of anilines is 2. The number of carbonyl (C=O) groups excluding carboxylic acids is 9. The van der Waals surface area contributed by atoms with Gasteiger partial charge in [0.2, 0.25) is 23.6 Å². The van der Waals surface area contributed by atoms with Crippen LogP contribution in [0.1, 0.15) is 123 Å². The second kappa shape index (κ2) is 29.3. The van der Waals surface area contributed by atoms with Gasteiger partial charge in [-0.1, -0.05) is 75.6 Å². The van der Waals surface area contributed by atoms with Crippen molar-refractivity contribution in [2.75, 3.05) is 51.7 Å². The van der Waals surface area contributed by atoms with E-state index in [1.54, 1.807) is 58.2 Å². The molecular weight excluding hydrogens is 1110 g/mol. The molecule has 2 aromatic carbocycles. The molecule has 460 valence electrons. The smallest absolute Gasteiger partial charge is 0.412 e. The maximum absolute atomic E-state index is 14.5. The van der Waals surface area contributed by atoms with Crippen molar-refractivity contribution in [1.82, 2.24) is 15.5 Å². The Bertz CT molecular complexity index is 2860. The number of esters is 1. The van der Waals surface area contributed by atoms with Crippen LogP contribution in [0, 0.1) is 23.7 Å². The van der Waals surface area contributed by atoms with Crippen LogP contribution in [-0.4, -0.2) is 146 Å². The van der Waals surface area contributed by atoms with E-state index in [2.05, 4.69) is 16.0 Å². The lowest BCUT2D eigenvalue weighted by Crippen LogP contribution is -2.53. The van der Waals surface area contributed by atoms with Crippen molar-refractivity contribution in [3.63, 3.8) is 0 Å². The van der Waals surface area contributed by atoms with E-state index in [0.717, 1.165) is 11.1 Å². The first-order chi connectivity index (χ1) is 39.7. The highest BCUT2D eigenvalue weighted by Gasteiger charge is 2.64. The molecule has 3 saturated heterocycles. The Hall–Kier alpha value is -6.88. The van der Waals surface area contributed by atoms with Crippen molar-refractivity contribution >= 4 is 76.3 Å². The number of epoxide rings is 1. The number of nitrogens with two attached hydrogens (primary N) is 1. The predicted molar refractivity (Wildman–Crippen MR) is 311 cm³/mol. The maximum atomic E-state index is 14.5. The molecular formula is C61H83ClN6O16. The minimum Gasteiger partial charge on any atom is -0.495 e. The Labute approximate surface area is 496 Å². The van der Waals surface area contributed by atoms with E-state index in [9.17, 15) is 48.3 Å². The van der Waals surface area contributed by atoms with Crippen LogP contribution in [0.25, 0.3) is 0 Å². The van der Waals surface area contributed by atoms with Gasteiger partial charge in [0.1, 0.15) is 51.8 Å². The molecule has 0 radical (unpaired) electrons. The number of Topliss-reactive ketones (excluding diaryl/α,β-unsaturated/α-hetero) is 2. The Morgan fingerprint density at radius 2 is 1.68 bits per heavy atom. The standard InChI is InChI=1S/C61H83ClN6O16/c1-34(2)41(30-40(69)17-12-11-13-23-68-52(72)25-36(4)57(68)75)56(74)65-42(18-15-22-64-58(63)76)45(70)27-38-20-21-43(46(28-38)79-8)66-59(77)83-50-31-51(71)67(7)44-26-39(29-47(80-9)54(44)62)24-35(3)16-14-19-49(81-10)61(78)32-48(82-53(73)33-61)37(5)55-60(50,6)84-55/h14,16,19-21,26,28-29,34,36-37,41-42,48-50,55,78H,11-13,15,17-18,22-25,27,30-33H2,1-10H3,(H,65,74)(H,66,77)(H3,63,64,76)/b19-14+,35-16+/t36?,37-,41+,42+,48+,49-,50+,55+,60+,61-/m1/s1. The summed E-state index contributed by atoms with van der Waals surface area (Å²) in [5.74, 6) is -3.99. The van der Waals surface area contributed by atoms with Gasteiger partial charge in [-0.3, -0.25) is 43.8 Å². The molecule has 1 unspecified atom stereocenters. The van der Waals surface area contributed by atoms with Gasteiger partial charge in [-0.25, -0.2) is 9.59 Å². The zero-order valence-electron chi connectivity index (χ0n) is 49.8. The first-order valence-corrected chi connectivity index (χ1v) is 29.1. The summed E-state index contributed by atoms with van der Waals surface area (Å²) < 4.78 is 35.4. The second-order valence-electron chi connectivity index (χ2n) is 23.2. The summed E-state index contributed by atoms with van der Waals surface area (Å²) in [6, 6.07) is 6.38. The molecule has 4 bridgehead atoms. The summed E-state index contributed by atoms with van der Waals surface area (Å²) in [5, 5.41) is 20.3. The first-order valence-electron chi connectivity index (χ1n) is 28.7. The van der Waals surface area contributed by atoms with Crippen LogP contribution in [0.15, 0.2) is 54.1 Å². The van der Waals surface area contributed by atoms with Crippen LogP contribution in [0.5, 0.6) is 11.5 Å². The largest absolute Gasteiger partial charge is 0.495 e. The minimum atomic E-state index is -1.65. The first kappa shape index (κ1) is 66.3. The lowest BCUT2D eigenvalue weighted by molar-refractivity contribution is -0.187. The van der Waals surface area contributed by atoms with Crippen molar-refractivity contribution in [2.24, 2.45) is 29.4 Å². The number of urea groups is 1. The molecule has 0 aliphatic carbocycles. The van der Waals surface area contributed by atoms with Crippen LogP contribution < -0.4 is 36.1 Å². The number of nitrogens with zero attached hydrogens (tertiary/aromatic N) is 2. The van der Waals surface area contributed by atoms with E-state index in [1.165, 1.54) is 43.3 Å². The number of fused-ring (bicyclic) bond motifs is 5. The average molecular weight is 1190 g/mol. The van der Waals surface area contributed by atoms with Crippen LogP contribution >= 0.6 is 11.6 Å². The van der Waals surface area contributed by atoms with Crippen molar-refractivity contribution in [3.05, 3.63) is 70.3 Å². The van der Waals surface area contributed by atoms with Gasteiger partial charge in [0, 0.05) is 77.1 Å². The van der Waals surface area contributed by atoms with Gasteiger partial charge in [0.05, 0.1) is 50.6 Å². The zero-order chi connectivity index (χ0) is 61.8. The number of ether oxygens (including phenoxy) is 6. The van der Waals surface area contributed by atoms with Gasteiger partial charge < -0.3 is 54.8 Å². The Kier molecular flexibility index (Phi) is 23.1. The second-order valence-corrected chi connectivity index (χ2v) is 23.6. The normalized spacial score (nSPS) is 26.2. The minimum absolute atomic E-state index is 0.00951. The fourth-order valence-corrected chi connectivity index (χ4v) is 11.7. The molecule has 0 saturated carbocycles. The molecule has 84 heavy (non-hydrogen) atoms. The van der Waals surface area contributed by atoms with Crippen LogP contribution in [0.2, 0.25) is 5.02 Å². The molecule has 6 N–H and O–H groups in total. The number of carbonyl (C=O) groups is 9. The van der Waals surface area contributed by atoms with Crippen molar-refractivity contribution in [3.8, 4) is 11.5 Å². The highest BCUT2D eigenvalue weighted by atomic mass is 35.5. The summed E-state index contributed by atoms with van der Waals surface area (Å²) in [7, 11) is 5.82. The third-order valence-electron chi connectivity index (χ3n) is 16.4. The Balaban J connectivity index is 1.18. The van der Waals surface area contributed by atoms with E-state index >= 15 is 0 Å². The zero-order valence-corrected chi connectivity index (χ0v) is 50.6. The van der Waals surface area contributed by atoms with Crippen molar-refractivity contribution in [2.45, 2.75) is 167 Å². The lowest BCUT2D eigenvalue weighted by atomic mass is 9.78. The summed E-state index contributed by atoms with van der Waals surface area (Å²) >= 11 is 6.86. The van der Waals surface area contributed by atoms with Gasteiger partial charge in [-0.05, 0) is 87.3 Å².